The van der Waals surface area contributed by atoms with Gasteiger partial charge in [0.15, 0.2) is 11.9 Å². The summed E-state index contributed by atoms with van der Waals surface area (Å²) in [5.74, 6) is -1.27. The van der Waals surface area contributed by atoms with Crippen molar-refractivity contribution in [3.8, 4) is 0 Å². The summed E-state index contributed by atoms with van der Waals surface area (Å²) in [4.78, 5) is 23.3. The van der Waals surface area contributed by atoms with Crippen molar-refractivity contribution in [3.63, 3.8) is 0 Å². The number of aliphatic hydroxyl groups is 2. The van der Waals surface area contributed by atoms with Crippen molar-refractivity contribution in [2.24, 2.45) is 5.41 Å². The van der Waals surface area contributed by atoms with Crippen molar-refractivity contribution in [2.45, 2.75) is 65.7 Å². The third-order valence-corrected chi connectivity index (χ3v) is 2.10. The zero-order valence-electron chi connectivity index (χ0n) is 12.1. The van der Waals surface area contributed by atoms with E-state index in [2.05, 4.69) is 5.32 Å². The highest BCUT2D eigenvalue weighted by Gasteiger charge is 2.33. The Morgan fingerprint density at radius 3 is 1.78 bits per heavy atom. The van der Waals surface area contributed by atoms with E-state index in [-0.39, 0.29) is 11.8 Å². The van der Waals surface area contributed by atoms with Crippen LogP contribution in [0.15, 0.2) is 0 Å². The number of rotatable bonds is 4. The molecule has 3 N–H and O–H groups in total. The van der Waals surface area contributed by atoms with E-state index >= 15 is 0 Å². The molecule has 106 valence electrons. The van der Waals surface area contributed by atoms with E-state index in [1.54, 1.807) is 20.8 Å². The number of amides is 1. The molecular formula is C13H25NO4. The first kappa shape index (κ1) is 17.1. The highest BCUT2D eigenvalue weighted by Crippen LogP contribution is 2.20. The van der Waals surface area contributed by atoms with Gasteiger partial charge in [-0.15, -0.1) is 0 Å². The summed E-state index contributed by atoms with van der Waals surface area (Å²) < 4.78 is 0. The molecule has 0 heterocycles. The molecule has 0 radical (unpaired) electrons. The minimum absolute atomic E-state index is 0.105. The van der Waals surface area contributed by atoms with Crippen LogP contribution < -0.4 is 5.32 Å². The van der Waals surface area contributed by atoms with Gasteiger partial charge in [-0.3, -0.25) is 9.59 Å². The number of ketones is 1. The zero-order chi connectivity index (χ0) is 14.7. The molecule has 0 saturated heterocycles. The van der Waals surface area contributed by atoms with Gasteiger partial charge in [0.25, 0.3) is 5.91 Å². The zero-order valence-corrected chi connectivity index (χ0v) is 12.1. The van der Waals surface area contributed by atoms with Gasteiger partial charge >= 0.3 is 0 Å². The molecule has 0 aromatic carbocycles. The van der Waals surface area contributed by atoms with E-state index in [4.69, 9.17) is 0 Å². The molecule has 0 spiro atoms. The van der Waals surface area contributed by atoms with Crippen molar-refractivity contribution in [1.82, 2.24) is 5.32 Å². The van der Waals surface area contributed by atoms with Crippen molar-refractivity contribution in [1.29, 1.82) is 0 Å². The molecular weight excluding hydrogens is 234 g/mol. The molecule has 2 atom stereocenters. The lowest BCUT2D eigenvalue weighted by molar-refractivity contribution is -0.146. The number of hydrogen-bond acceptors (Lipinski definition) is 4. The average molecular weight is 259 g/mol. The third kappa shape index (κ3) is 6.71. The van der Waals surface area contributed by atoms with E-state index < -0.39 is 29.4 Å². The fraction of sp³-hybridized carbons (Fsp3) is 0.846. The number of hydrogen-bond donors (Lipinski definition) is 3. The first-order chi connectivity index (χ1) is 7.83. The molecule has 0 aliphatic rings. The van der Waals surface area contributed by atoms with Crippen LogP contribution in [0.25, 0.3) is 0 Å². The van der Waals surface area contributed by atoms with Crippen LogP contribution in [-0.4, -0.2) is 39.7 Å². The molecule has 0 aliphatic carbocycles. The number of aliphatic hydroxyl groups excluding tert-OH is 2. The Bertz CT molecular complexity index is 280. The summed E-state index contributed by atoms with van der Waals surface area (Å²) >= 11 is 0. The standard InChI is InChI=1S/C13H25NO4/c1-12(2,3)7-8(15)9(16)10(17)11(18)14-13(4,5)6/h9-10,16-17H,7H2,1-6H3,(H,14,18)/t9-,10+/m1/s1. The van der Waals surface area contributed by atoms with Crippen molar-refractivity contribution < 1.29 is 19.8 Å². The van der Waals surface area contributed by atoms with Crippen LogP contribution in [0, 0.1) is 5.41 Å². The predicted octanol–water partition coefficient (Wildman–Crippen LogP) is 0.628. The first-order valence-electron chi connectivity index (χ1n) is 6.04. The number of carbonyl (C=O) groups is 2. The molecule has 0 saturated carbocycles. The van der Waals surface area contributed by atoms with Crippen molar-refractivity contribution >= 4 is 11.7 Å². The summed E-state index contributed by atoms with van der Waals surface area (Å²) in [5, 5.41) is 21.8. The normalized spacial score (nSPS) is 16.0. The highest BCUT2D eigenvalue weighted by molar-refractivity contribution is 5.92. The molecule has 5 nitrogen and oxygen atoms in total. The summed E-state index contributed by atoms with van der Waals surface area (Å²) in [6.45, 7) is 10.8. The Labute approximate surface area is 109 Å². The quantitative estimate of drug-likeness (QED) is 0.691. The van der Waals surface area contributed by atoms with Gasteiger partial charge in [-0.05, 0) is 26.2 Å². The van der Waals surface area contributed by atoms with E-state index in [9.17, 15) is 19.8 Å². The van der Waals surface area contributed by atoms with Gasteiger partial charge in [-0.25, -0.2) is 0 Å². The fourth-order valence-electron chi connectivity index (χ4n) is 1.39. The Morgan fingerprint density at radius 2 is 1.44 bits per heavy atom. The Morgan fingerprint density at radius 1 is 1.00 bits per heavy atom. The maximum absolute atomic E-state index is 11.7. The fourth-order valence-corrected chi connectivity index (χ4v) is 1.39. The molecule has 0 aliphatic heterocycles. The van der Waals surface area contributed by atoms with Gasteiger partial charge in [0, 0.05) is 12.0 Å². The predicted molar refractivity (Wildman–Crippen MR) is 69.0 cm³/mol. The van der Waals surface area contributed by atoms with Crippen LogP contribution in [0.3, 0.4) is 0 Å². The van der Waals surface area contributed by atoms with E-state index in [1.807, 2.05) is 20.8 Å². The van der Waals surface area contributed by atoms with Crippen LogP contribution in [0.2, 0.25) is 0 Å². The Balaban J connectivity index is 4.55. The van der Waals surface area contributed by atoms with Crippen LogP contribution >= 0.6 is 0 Å². The summed E-state index contributed by atoms with van der Waals surface area (Å²) in [5.41, 5.74) is -0.816. The molecule has 0 aromatic heterocycles. The lowest BCUT2D eigenvalue weighted by Gasteiger charge is -2.25. The van der Waals surface area contributed by atoms with Crippen LogP contribution in [0.1, 0.15) is 48.0 Å². The average Bonchev–Trinajstić information content (AvgIpc) is 2.09. The molecule has 5 heteroatoms. The molecule has 18 heavy (non-hydrogen) atoms. The third-order valence-electron chi connectivity index (χ3n) is 2.10. The maximum atomic E-state index is 11.7. The van der Waals surface area contributed by atoms with E-state index in [0.717, 1.165) is 0 Å². The molecule has 0 bridgehead atoms. The minimum atomic E-state index is -1.72. The topological polar surface area (TPSA) is 86.6 Å². The molecule has 1 amide bonds. The van der Waals surface area contributed by atoms with Gasteiger partial charge in [0.05, 0.1) is 0 Å². The maximum Gasteiger partial charge on any atom is 0.252 e. The van der Waals surface area contributed by atoms with Crippen LogP contribution in [0.5, 0.6) is 0 Å². The van der Waals surface area contributed by atoms with Crippen LogP contribution in [-0.2, 0) is 9.59 Å². The summed E-state index contributed by atoms with van der Waals surface area (Å²) in [7, 11) is 0. The SMILES string of the molecule is CC(C)(C)CC(=O)[C@@H](O)[C@H](O)C(=O)NC(C)(C)C. The first-order valence-corrected chi connectivity index (χ1v) is 6.04. The summed E-state index contributed by atoms with van der Waals surface area (Å²) in [6.07, 6.45) is -3.29. The second-order valence-corrected chi connectivity index (χ2v) is 6.83. The van der Waals surface area contributed by atoms with Gasteiger partial charge in [-0.1, -0.05) is 20.8 Å². The second kappa shape index (κ2) is 5.80. The molecule has 0 rings (SSSR count). The Kier molecular flexibility index (Phi) is 5.50. The number of carbonyl (C=O) groups excluding carboxylic acids is 2. The smallest absolute Gasteiger partial charge is 0.252 e. The lowest BCUT2D eigenvalue weighted by Crippen LogP contribution is -2.51. The lowest BCUT2D eigenvalue weighted by atomic mass is 9.87. The molecule has 0 unspecified atom stereocenters. The van der Waals surface area contributed by atoms with Gasteiger partial charge in [-0.2, -0.15) is 0 Å². The van der Waals surface area contributed by atoms with Gasteiger partial charge in [0.1, 0.15) is 6.10 Å². The summed E-state index contributed by atoms with van der Waals surface area (Å²) in [6, 6.07) is 0. The van der Waals surface area contributed by atoms with Crippen LogP contribution in [0.4, 0.5) is 0 Å². The highest BCUT2D eigenvalue weighted by atomic mass is 16.3. The number of Topliss-reactive ketones (excluding diaryl/α,β-unsaturated/α-hetero) is 1. The molecule has 0 aromatic rings. The largest absolute Gasteiger partial charge is 0.382 e. The second-order valence-electron chi connectivity index (χ2n) is 6.83. The number of nitrogens with one attached hydrogen (secondary N) is 1. The van der Waals surface area contributed by atoms with Crippen molar-refractivity contribution in [2.75, 3.05) is 0 Å². The van der Waals surface area contributed by atoms with E-state index in [0.29, 0.717) is 0 Å². The Hall–Kier alpha value is -0.940. The van der Waals surface area contributed by atoms with Crippen molar-refractivity contribution in [3.05, 3.63) is 0 Å². The van der Waals surface area contributed by atoms with E-state index in [1.165, 1.54) is 0 Å². The van der Waals surface area contributed by atoms with Gasteiger partial charge in [0.2, 0.25) is 0 Å². The van der Waals surface area contributed by atoms with Gasteiger partial charge < -0.3 is 15.5 Å². The minimum Gasteiger partial charge on any atom is -0.382 e. The molecule has 0 fully saturated rings. The monoisotopic (exact) mass is 259 g/mol.